The van der Waals surface area contributed by atoms with Crippen LogP contribution < -0.4 is 11.1 Å². The van der Waals surface area contributed by atoms with E-state index in [0.29, 0.717) is 18.7 Å². The summed E-state index contributed by atoms with van der Waals surface area (Å²) in [6.07, 6.45) is 2.85. The summed E-state index contributed by atoms with van der Waals surface area (Å²) < 4.78 is 31.0. The smallest absolute Gasteiger partial charge is 0.249 e. The zero-order valence-corrected chi connectivity index (χ0v) is 11.2. The Morgan fingerprint density at radius 2 is 2.15 bits per heavy atom. The largest absolute Gasteiger partial charge is 0.371 e. The van der Waals surface area contributed by atoms with Gasteiger partial charge in [-0.25, -0.2) is 8.78 Å². The van der Waals surface area contributed by atoms with E-state index in [1.807, 2.05) is 0 Å². The number of hydrogen-bond acceptors (Lipinski definition) is 3. The molecule has 0 aliphatic rings. The number of rotatable bonds is 7. The maximum atomic E-state index is 13.1. The Bertz CT molecular complexity index is 478. The molecular formula is C14H18F2N2O2. The van der Waals surface area contributed by atoms with Crippen LogP contribution in [0.25, 0.3) is 0 Å². The molecule has 1 atom stereocenters. The van der Waals surface area contributed by atoms with E-state index < -0.39 is 17.7 Å². The van der Waals surface area contributed by atoms with Crippen LogP contribution in [-0.2, 0) is 16.0 Å². The SMILES string of the molecule is COC(Cc1ccc(F)c(F)c1)C(=O)NC/C=C/CN. The van der Waals surface area contributed by atoms with Crippen molar-refractivity contribution in [2.75, 3.05) is 20.2 Å². The summed E-state index contributed by atoms with van der Waals surface area (Å²) in [5.41, 5.74) is 5.76. The first-order valence-electron chi connectivity index (χ1n) is 6.18. The van der Waals surface area contributed by atoms with Gasteiger partial charge < -0.3 is 15.8 Å². The van der Waals surface area contributed by atoms with Crippen molar-refractivity contribution in [3.63, 3.8) is 0 Å². The molecule has 6 heteroatoms. The van der Waals surface area contributed by atoms with E-state index in [1.54, 1.807) is 12.2 Å². The van der Waals surface area contributed by atoms with E-state index in [1.165, 1.54) is 13.2 Å². The first kappa shape index (κ1) is 16.3. The number of nitrogens with two attached hydrogens (primary N) is 1. The molecule has 0 heterocycles. The Morgan fingerprint density at radius 3 is 2.75 bits per heavy atom. The van der Waals surface area contributed by atoms with Crippen LogP contribution in [-0.4, -0.2) is 32.2 Å². The van der Waals surface area contributed by atoms with Gasteiger partial charge in [-0.05, 0) is 17.7 Å². The predicted molar refractivity (Wildman–Crippen MR) is 72.1 cm³/mol. The predicted octanol–water partition coefficient (Wildman–Crippen LogP) is 1.15. The fraction of sp³-hybridized carbons (Fsp3) is 0.357. The van der Waals surface area contributed by atoms with Gasteiger partial charge >= 0.3 is 0 Å². The van der Waals surface area contributed by atoms with Crippen LogP contribution in [0.2, 0.25) is 0 Å². The Kier molecular flexibility index (Phi) is 6.83. The third kappa shape index (κ3) is 5.07. The minimum Gasteiger partial charge on any atom is -0.371 e. The first-order valence-corrected chi connectivity index (χ1v) is 6.18. The summed E-state index contributed by atoms with van der Waals surface area (Å²) in [6.45, 7) is 0.742. The highest BCUT2D eigenvalue weighted by Crippen LogP contribution is 2.11. The number of hydrogen-bond donors (Lipinski definition) is 2. The monoisotopic (exact) mass is 284 g/mol. The van der Waals surface area contributed by atoms with Gasteiger partial charge in [0.15, 0.2) is 11.6 Å². The molecule has 1 unspecified atom stereocenters. The molecule has 20 heavy (non-hydrogen) atoms. The van der Waals surface area contributed by atoms with Crippen molar-refractivity contribution in [3.8, 4) is 0 Å². The molecule has 0 aromatic heterocycles. The van der Waals surface area contributed by atoms with E-state index in [-0.39, 0.29) is 12.3 Å². The Hall–Kier alpha value is -1.79. The van der Waals surface area contributed by atoms with Gasteiger partial charge in [-0.1, -0.05) is 18.2 Å². The lowest BCUT2D eigenvalue weighted by Gasteiger charge is -2.14. The second-order valence-corrected chi connectivity index (χ2v) is 4.13. The lowest BCUT2D eigenvalue weighted by atomic mass is 10.1. The van der Waals surface area contributed by atoms with Crippen molar-refractivity contribution < 1.29 is 18.3 Å². The fourth-order valence-electron chi connectivity index (χ4n) is 1.62. The maximum Gasteiger partial charge on any atom is 0.249 e. The zero-order chi connectivity index (χ0) is 15.0. The van der Waals surface area contributed by atoms with E-state index >= 15 is 0 Å². The molecule has 110 valence electrons. The standard InChI is InChI=1S/C14H18F2N2O2/c1-20-13(14(19)18-7-3-2-6-17)9-10-4-5-11(15)12(16)8-10/h2-5,8,13H,6-7,9,17H2,1H3,(H,18,19)/b3-2+. The average Bonchev–Trinajstić information content (AvgIpc) is 2.44. The van der Waals surface area contributed by atoms with Crippen molar-refractivity contribution >= 4 is 5.91 Å². The molecule has 0 radical (unpaired) electrons. The van der Waals surface area contributed by atoms with Crippen molar-refractivity contribution in [1.82, 2.24) is 5.32 Å². The van der Waals surface area contributed by atoms with Crippen LogP contribution in [0, 0.1) is 11.6 Å². The minimum atomic E-state index is -0.941. The normalized spacial score (nSPS) is 12.6. The van der Waals surface area contributed by atoms with Gasteiger partial charge in [0.2, 0.25) is 5.91 Å². The molecule has 0 saturated heterocycles. The maximum absolute atomic E-state index is 13.1. The molecule has 4 nitrogen and oxygen atoms in total. The molecule has 1 aromatic rings. The Balaban J connectivity index is 2.59. The Labute approximate surface area is 116 Å². The number of halogens is 2. The molecule has 0 aliphatic heterocycles. The number of ether oxygens (including phenoxy) is 1. The van der Waals surface area contributed by atoms with Crippen LogP contribution in [0.5, 0.6) is 0 Å². The number of carbonyl (C=O) groups is 1. The lowest BCUT2D eigenvalue weighted by molar-refractivity contribution is -0.130. The lowest BCUT2D eigenvalue weighted by Crippen LogP contribution is -2.37. The number of carbonyl (C=O) groups excluding carboxylic acids is 1. The second kappa shape index (κ2) is 8.39. The highest BCUT2D eigenvalue weighted by molar-refractivity contribution is 5.81. The molecule has 0 fully saturated rings. The van der Waals surface area contributed by atoms with Crippen molar-refractivity contribution in [1.29, 1.82) is 0 Å². The van der Waals surface area contributed by atoms with E-state index in [4.69, 9.17) is 10.5 Å². The van der Waals surface area contributed by atoms with Crippen molar-refractivity contribution in [2.24, 2.45) is 5.73 Å². The molecule has 1 amide bonds. The fourth-order valence-corrected chi connectivity index (χ4v) is 1.62. The Morgan fingerprint density at radius 1 is 1.40 bits per heavy atom. The molecule has 0 aliphatic carbocycles. The van der Waals surface area contributed by atoms with Crippen molar-refractivity contribution in [2.45, 2.75) is 12.5 Å². The third-order valence-corrected chi connectivity index (χ3v) is 2.68. The van der Waals surface area contributed by atoms with Crippen LogP contribution >= 0.6 is 0 Å². The molecule has 1 aromatic carbocycles. The summed E-state index contributed by atoms with van der Waals surface area (Å²) in [5.74, 6) is -2.18. The summed E-state index contributed by atoms with van der Waals surface area (Å²) in [5, 5.41) is 2.64. The van der Waals surface area contributed by atoms with Gasteiger partial charge in [0.1, 0.15) is 6.10 Å². The molecule has 0 saturated carbocycles. The quantitative estimate of drug-likeness (QED) is 0.738. The molecule has 0 spiro atoms. The number of methoxy groups -OCH3 is 1. The molecule has 3 N–H and O–H groups in total. The van der Waals surface area contributed by atoms with Gasteiger partial charge in [0, 0.05) is 26.6 Å². The van der Waals surface area contributed by atoms with Crippen LogP contribution in [0.15, 0.2) is 30.4 Å². The van der Waals surface area contributed by atoms with Gasteiger partial charge in [-0.2, -0.15) is 0 Å². The zero-order valence-electron chi connectivity index (χ0n) is 11.2. The van der Waals surface area contributed by atoms with Gasteiger partial charge in [-0.3, -0.25) is 4.79 Å². The van der Waals surface area contributed by atoms with E-state index in [2.05, 4.69) is 5.32 Å². The topological polar surface area (TPSA) is 64.3 Å². The van der Waals surface area contributed by atoms with E-state index in [9.17, 15) is 13.6 Å². The van der Waals surface area contributed by atoms with Crippen LogP contribution in [0.3, 0.4) is 0 Å². The molecule has 1 rings (SSSR count). The van der Waals surface area contributed by atoms with E-state index in [0.717, 1.165) is 12.1 Å². The highest BCUT2D eigenvalue weighted by atomic mass is 19.2. The van der Waals surface area contributed by atoms with Crippen LogP contribution in [0.1, 0.15) is 5.56 Å². The molecular weight excluding hydrogens is 266 g/mol. The van der Waals surface area contributed by atoms with Gasteiger partial charge in [0.25, 0.3) is 0 Å². The first-order chi connectivity index (χ1) is 9.58. The highest BCUT2D eigenvalue weighted by Gasteiger charge is 2.18. The molecule has 0 bridgehead atoms. The summed E-state index contributed by atoms with van der Waals surface area (Å²) in [7, 11) is 1.39. The number of amides is 1. The summed E-state index contributed by atoms with van der Waals surface area (Å²) in [6, 6.07) is 3.51. The second-order valence-electron chi connectivity index (χ2n) is 4.13. The number of nitrogens with one attached hydrogen (secondary N) is 1. The number of benzene rings is 1. The third-order valence-electron chi connectivity index (χ3n) is 2.68. The minimum absolute atomic E-state index is 0.167. The van der Waals surface area contributed by atoms with Crippen molar-refractivity contribution in [3.05, 3.63) is 47.5 Å². The van der Waals surface area contributed by atoms with Gasteiger partial charge in [-0.15, -0.1) is 0 Å². The summed E-state index contributed by atoms with van der Waals surface area (Å²) >= 11 is 0. The van der Waals surface area contributed by atoms with Gasteiger partial charge in [0.05, 0.1) is 0 Å². The average molecular weight is 284 g/mol. The van der Waals surface area contributed by atoms with Crippen LogP contribution in [0.4, 0.5) is 8.78 Å². The summed E-state index contributed by atoms with van der Waals surface area (Å²) in [4.78, 5) is 11.8.